The van der Waals surface area contributed by atoms with E-state index in [0.29, 0.717) is 11.3 Å². The number of carbonyl (C=O) groups is 2. The minimum absolute atomic E-state index is 0.161. The topological polar surface area (TPSA) is 103 Å². The van der Waals surface area contributed by atoms with E-state index in [0.717, 1.165) is 42.7 Å². The number of anilines is 1. The number of thioether (sulfide) groups is 1. The fourth-order valence-corrected chi connectivity index (χ4v) is 6.02. The van der Waals surface area contributed by atoms with Gasteiger partial charge in [0, 0.05) is 22.4 Å². The van der Waals surface area contributed by atoms with E-state index in [1.54, 1.807) is 24.3 Å². The van der Waals surface area contributed by atoms with E-state index in [1.807, 2.05) is 11.3 Å². The number of fused-ring (bicyclic) bond motifs is 1. The highest BCUT2D eigenvalue weighted by atomic mass is 32.2. The molecule has 3 N–H and O–H groups in total. The molecule has 9 heteroatoms. The van der Waals surface area contributed by atoms with Crippen LogP contribution in [-0.4, -0.2) is 32.3 Å². The molecule has 1 atom stereocenters. The number of hydrogen-bond donors (Lipinski definition) is 2. The van der Waals surface area contributed by atoms with Gasteiger partial charge in [-0.2, -0.15) is 0 Å². The van der Waals surface area contributed by atoms with Crippen LogP contribution in [0.4, 0.5) is 5.69 Å². The molecule has 0 spiro atoms. The number of nitrogens with two attached hydrogens (primary N) is 1. The molecule has 1 unspecified atom stereocenters. The Hall–Kier alpha value is -2.65. The Balaban J connectivity index is 1.50. The summed E-state index contributed by atoms with van der Waals surface area (Å²) in [4.78, 5) is 25.6. The molecule has 0 bridgehead atoms. The number of thiophene rings is 1. The zero-order valence-corrected chi connectivity index (χ0v) is 19.9. The first-order valence-corrected chi connectivity index (χ1v) is 12.7. The molecule has 0 saturated carbocycles. The molecule has 32 heavy (non-hydrogen) atoms. The maximum atomic E-state index is 12.5. The van der Waals surface area contributed by atoms with Gasteiger partial charge in [-0.15, -0.1) is 21.5 Å². The predicted octanol–water partition coefficient (Wildman–Crippen LogP) is 4.37. The van der Waals surface area contributed by atoms with E-state index in [-0.39, 0.29) is 11.7 Å². The Morgan fingerprint density at radius 3 is 2.91 bits per heavy atom. The lowest BCUT2D eigenvalue weighted by molar-refractivity contribution is -0.113. The van der Waals surface area contributed by atoms with Gasteiger partial charge >= 0.3 is 0 Å². The van der Waals surface area contributed by atoms with Crippen LogP contribution < -0.4 is 11.1 Å². The molecule has 2 aromatic heterocycles. The molecular formula is C23H27N5O2S2. The highest BCUT2D eigenvalue weighted by molar-refractivity contribution is 7.99. The maximum absolute atomic E-state index is 12.5. The second-order valence-electron chi connectivity index (χ2n) is 8.10. The minimum Gasteiger partial charge on any atom is -0.366 e. The molecule has 1 aliphatic carbocycles. The van der Waals surface area contributed by atoms with Crippen LogP contribution in [0.2, 0.25) is 0 Å². The number of amides is 2. The summed E-state index contributed by atoms with van der Waals surface area (Å²) in [7, 11) is 0. The lowest BCUT2D eigenvalue weighted by Gasteiger charge is -2.19. The van der Waals surface area contributed by atoms with Crippen molar-refractivity contribution >= 4 is 40.6 Å². The summed E-state index contributed by atoms with van der Waals surface area (Å²) in [6, 6.07) is 6.73. The van der Waals surface area contributed by atoms with E-state index in [4.69, 9.17) is 5.73 Å². The first-order chi connectivity index (χ1) is 15.5. The van der Waals surface area contributed by atoms with Gasteiger partial charge in [-0.25, -0.2) is 0 Å². The third-order valence-electron chi connectivity index (χ3n) is 5.61. The van der Waals surface area contributed by atoms with Crippen LogP contribution in [0.3, 0.4) is 0 Å². The second kappa shape index (κ2) is 9.87. The fraction of sp³-hybridized carbons (Fsp3) is 0.391. The Bertz CT molecular complexity index is 1140. The Morgan fingerprint density at radius 1 is 1.31 bits per heavy atom. The van der Waals surface area contributed by atoms with Crippen molar-refractivity contribution in [1.29, 1.82) is 0 Å². The summed E-state index contributed by atoms with van der Waals surface area (Å²) >= 11 is 3.17. The number of aromatic nitrogens is 3. The van der Waals surface area contributed by atoms with Gasteiger partial charge in [-0.05, 0) is 49.3 Å². The van der Waals surface area contributed by atoms with E-state index in [2.05, 4.69) is 39.3 Å². The monoisotopic (exact) mass is 469 g/mol. The van der Waals surface area contributed by atoms with Gasteiger partial charge in [0.2, 0.25) is 5.91 Å². The van der Waals surface area contributed by atoms with Crippen LogP contribution in [0, 0.1) is 5.92 Å². The molecule has 168 valence electrons. The smallest absolute Gasteiger partial charge is 0.250 e. The molecule has 2 heterocycles. The molecule has 0 fully saturated rings. The molecular weight excluding hydrogens is 442 g/mol. The summed E-state index contributed by atoms with van der Waals surface area (Å²) < 4.78 is 2.12. The van der Waals surface area contributed by atoms with Crippen molar-refractivity contribution < 1.29 is 9.59 Å². The standard InChI is InChI=1S/C23H27N5O2S2/c1-3-10-28-22(17-12-31-19-11-14(2)8-9-15(17)19)26-27-23(28)32-13-20(29)25-18-7-5-4-6-16(18)21(24)30/h4-7,12,14H,3,8-11,13H2,1-2H3,(H2,24,30)(H,25,29). The molecule has 1 aliphatic rings. The number of para-hydroxylation sites is 1. The molecule has 2 amide bonds. The zero-order valence-electron chi connectivity index (χ0n) is 18.3. The number of primary amides is 1. The molecule has 0 radical (unpaired) electrons. The zero-order chi connectivity index (χ0) is 22.7. The lowest BCUT2D eigenvalue weighted by Crippen LogP contribution is -2.19. The van der Waals surface area contributed by atoms with Crippen molar-refractivity contribution in [1.82, 2.24) is 14.8 Å². The average Bonchev–Trinajstić information content (AvgIpc) is 3.36. The highest BCUT2D eigenvalue weighted by Crippen LogP contribution is 2.38. The summed E-state index contributed by atoms with van der Waals surface area (Å²) in [5, 5.41) is 14.6. The summed E-state index contributed by atoms with van der Waals surface area (Å²) in [5.41, 5.74) is 8.70. The largest absolute Gasteiger partial charge is 0.366 e. The van der Waals surface area contributed by atoms with Gasteiger partial charge in [0.1, 0.15) is 0 Å². The number of benzene rings is 1. The first-order valence-electron chi connectivity index (χ1n) is 10.8. The lowest BCUT2D eigenvalue weighted by atomic mass is 9.88. The van der Waals surface area contributed by atoms with Gasteiger partial charge in [-0.1, -0.05) is 37.7 Å². The summed E-state index contributed by atoms with van der Waals surface area (Å²) in [6.07, 6.45) is 4.36. The van der Waals surface area contributed by atoms with Crippen LogP contribution in [0.5, 0.6) is 0 Å². The van der Waals surface area contributed by atoms with Crippen molar-refractivity contribution in [3.05, 3.63) is 45.6 Å². The summed E-state index contributed by atoms with van der Waals surface area (Å²) in [6.45, 7) is 5.22. The number of nitrogens with zero attached hydrogens (tertiary/aromatic N) is 3. The fourth-order valence-electron chi connectivity index (χ4n) is 4.01. The Labute approximate surface area is 195 Å². The second-order valence-corrected chi connectivity index (χ2v) is 10.0. The number of carbonyl (C=O) groups excluding carboxylic acids is 2. The van der Waals surface area contributed by atoms with Crippen LogP contribution in [0.1, 0.15) is 47.5 Å². The highest BCUT2D eigenvalue weighted by Gasteiger charge is 2.24. The number of nitrogens with one attached hydrogen (secondary N) is 1. The van der Waals surface area contributed by atoms with Gasteiger partial charge in [0.25, 0.3) is 5.91 Å². The van der Waals surface area contributed by atoms with Gasteiger partial charge < -0.3 is 15.6 Å². The van der Waals surface area contributed by atoms with Gasteiger partial charge in [0.15, 0.2) is 11.0 Å². The maximum Gasteiger partial charge on any atom is 0.250 e. The van der Waals surface area contributed by atoms with Crippen molar-refractivity contribution in [3.63, 3.8) is 0 Å². The molecule has 4 rings (SSSR count). The molecule has 3 aromatic rings. The van der Waals surface area contributed by atoms with Crippen molar-refractivity contribution in [2.24, 2.45) is 11.7 Å². The Morgan fingerprint density at radius 2 is 2.12 bits per heavy atom. The SMILES string of the molecule is CCCn1c(SCC(=O)Nc2ccccc2C(N)=O)nnc1-c1csc2c1CCC(C)C2. The van der Waals surface area contributed by atoms with E-state index >= 15 is 0 Å². The van der Waals surface area contributed by atoms with Gasteiger partial charge in [0.05, 0.1) is 17.0 Å². The van der Waals surface area contributed by atoms with Crippen LogP contribution in [0.15, 0.2) is 34.8 Å². The van der Waals surface area contributed by atoms with Crippen molar-refractivity contribution in [2.45, 2.75) is 51.2 Å². The number of rotatable bonds is 8. The third kappa shape index (κ3) is 4.73. The minimum atomic E-state index is -0.575. The first kappa shape index (κ1) is 22.5. The molecule has 7 nitrogen and oxygen atoms in total. The van der Waals surface area contributed by atoms with Crippen LogP contribution in [-0.2, 0) is 24.2 Å². The van der Waals surface area contributed by atoms with Crippen LogP contribution in [0.25, 0.3) is 11.4 Å². The Kier molecular flexibility index (Phi) is 6.95. The van der Waals surface area contributed by atoms with Crippen LogP contribution >= 0.6 is 23.1 Å². The normalized spacial score (nSPS) is 15.4. The van der Waals surface area contributed by atoms with Gasteiger partial charge in [-0.3, -0.25) is 9.59 Å². The number of hydrogen-bond acceptors (Lipinski definition) is 6. The van der Waals surface area contributed by atoms with E-state index in [1.165, 1.54) is 34.2 Å². The average molecular weight is 470 g/mol. The van der Waals surface area contributed by atoms with E-state index < -0.39 is 5.91 Å². The quantitative estimate of drug-likeness (QED) is 0.477. The van der Waals surface area contributed by atoms with Crippen molar-refractivity contribution in [2.75, 3.05) is 11.1 Å². The van der Waals surface area contributed by atoms with Crippen molar-refractivity contribution in [3.8, 4) is 11.4 Å². The summed E-state index contributed by atoms with van der Waals surface area (Å²) in [5.74, 6) is 0.981. The molecule has 1 aromatic carbocycles. The third-order valence-corrected chi connectivity index (χ3v) is 7.62. The molecule has 0 saturated heterocycles. The predicted molar refractivity (Wildman–Crippen MR) is 129 cm³/mol. The van der Waals surface area contributed by atoms with E-state index in [9.17, 15) is 9.59 Å². The molecule has 0 aliphatic heterocycles.